The lowest BCUT2D eigenvalue weighted by Crippen LogP contribution is -2.40. The lowest BCUT2D eigenvalue weighted by Gasteiger charge is -2.30. The zero-order chi connectivity index (χ0) is 25.0. The van der Waals surface area contributed by atoms with Gasteiger partial charge >= 0.3 is 12.2 Å². The van der Waals surface area contributed by atoms with Crippen LogP contribution in [0.4, 0.5) is 30.5 Å². The number of nitrogen functional groups attached to an aromatic ring is 1. The minimum absolute atomic E-state index is 0.0514. The minimum atomic E-state index is -4.47. The minimum Gasteiger partial charge on any atom is -0.463 e. The highest BCUT2D eigenvalue weighted by atomic mass is 19.4. The summed E-state index contributed by atoms with van der Waals surface area (Å²) in [5.41, 5.74) is 6.97. The van der Waals surface area contributed by atoms with Gasteiger partial charge < -0.3 is 20.7 Å². The summed E-state index contributed by atoms with van der Waals surface area (Å²) in [5, 5.41) is 2.67. The fourth-order valence-electron chi connectivity index (χ4n) is 4.43. The topological polar surface area (TPSA) is 96.6 Å². The van der Waals surface area contributed by atoms with Crippen LogP contribution in [0.3, 0.4) is 0 Å². The van der Waals surface area contributed by atoms with Crippen LogP contribution in [-0.4, -0.2) is 66.3 Å². The Labute approximate surface area is 202 Å². The molecule has 1 saturated heterocycles. The third-order valence-electron chi connectivity index (χ3n) is 6.17. The van der Waals surface area contributed by atoms with E-state index < -0.39 is 11.7 Å². The van der Waals surface area contributed by atoms with Gasteiger partial charge in [-0.2, -0.15) is 23.1 Å². The molecule has 1 amide bonds. The molecule has 1 aromatic heterocycles. The Bertz CT molecular complexity index is 1040. The van der Waals surface area contributed by atoms with E-state index >= 15 is 0 Å². The third kappa shape index (κ3) is 6.33. The van der Waals surface area contributed by atoms with Crippen molar-refractivity contribution in [3.63, 3.8) is 0 Å². The van der Waals surface area contributed by atoms with Gasteiger partial charge in [-0.05, 0) is 50.4 Å². The van der Waals surface area contributed by atoms with Crippen molar-refractivity contribution in [2.45, 2.75) is 45.2 Å². The van der Waals surface area contributed by atoms with E-state index in [0.29, 0.717) is 24.5 Å². The molecule has 1 fully saturated rings. The monoisotopic (exact) mass is 492 g/mol. The summed E-state index contributed by atoms with van der Waals surface area (Å²) >= 11 is 0. The van der Waals surface area contributed by atoms with Crippen molar-refractivity contribution in [2.24, 2.45) is 0 Å². The Morgan fingerprint density at radius 1 is 1.17 bits per heavy atom. The average Bonchev–Trinajstić information content (AvgIpc) is 3.20. The Morgan fingerprint density at radius 2 is 1.94 bits per heavy atom. The molecule has 1 aliphatic carbocycles. The molecule has 0 saturated carbocycles. The second kappa shape index (κ2) is 10.7. The zero-order valence-corrected chi connectivity index (χ0v) is 19.8. The molecular weight excluding hydrogens is 461 g/mol. The number of carbonyl (C=O) groups excluding carboxylic acids is 1. The second-order valence-electron chi connectivity index (χ2n) is 9.06. The van der Waals surface area contributed by atoms with E-state index in [0.717, 1.165) is 50.4 Å². The van der Waals surface area contributed by atoms with Crippen molar-refractivity contribution in [3.05, 3.63) is 34.9 Å². The molecule has 0 spiro atoms. The number of unbranched alkanes of at least 4 members (excludes halogenated alkanes) is 1. The van der Waals surface area contributed by atoms with Crippen molar-refractivity contribution in [1.82, 2.24) is 14.9 Å². The molecule has 3 heterocycles. The number of aromatic nitrogens is 2. The predicted molar refractivity (Wildman–Crippen MR) is 128 cm³/mol. The number of ether oxygens (including phenoxy) is 1. The number of alkyl halides is 3. The van der Waals surface area contributed by atoms with Gasteiger partial charge in [-0.3, -0.25) is 9.69 Å². The van der Waals surface area contributed by atoms with Gasteiger partial charge in [0, 0.05) is 13.1 Å². The van der Waals surface area contributed by atoms with Crippen molar-refractivity contribution < 1.29 is 22.7 Å². The van der Waals surface area contributed by atoms with Gasteiger partial charge in [0.25, 0.3) is 0 Å². The van der Waals surface area contributed by atoms with Crippen LogP contribution in [0.25, 0.3) is 0 Å². The van der Waals surface area contributed by atoms with Crippen LogP contribution < -0.4 is 20.7 Å². The molecule has 11 heteroatoms. The highest BCUT2D eigenvalue weighted by Gasteiger charge is 2.34. The number of likely N-dealkylation sites (tertiary alicyclic amines) is 1. The van der Waals surface area contributed by atoms with Crippen LogP contribution in [-0.2, 0) is 4.79 Å². The molecule has 0 aromatic carbocycles. The van der Waals surface area contributed by atoms with Gasteiger partial charge in [0.15, 0.2) is 11.6 Å². The van der Waals surface area contributed by atoms with Crippen molar-refractivity contribution >= 4 is 23.2 Å². The molecule has 0 unspecified atom stereocenters. The van der Waals surface area contributed by atoms with Crippen LogP contribution in [0.15, 0.2) is 34.9 Å². The molecule has 1 aromatic rings. The van der Waals surface area contributed by atoms with E-state index in [-0.39, 0.29) is 42.9 Å². The first-order valence-electron chi connectivity index (χ1n) is 12.0. The van der Waals surface area contributed by atoms with Gasteiger partial charge in [0.1, 0.15) is 5.69 Å². The second-order valence-corrected chi connectivity index (χ2v) is 9.06. The first-order chi connectivity index (χ1) is 16.7. The number of nitrogens with zero attached hydrogens (tertiary/aromatic N) is 4. The van der Waals surface area contributed by atoms with Crippen molar-refractivity contribution in [3.8, 4) is 6.01 Å². The summed E-state index contributed by atoms with van der Waals surface area (Å²) in [5.74, 6) is 0.0471. The maximum absolute atomic E-state index is 13.7. The van der Waals surface area contributed by atoms with Gasteiger partial charge in [0.05, 0.1) is 18.7 Å². The van der Waals surface area contributed by atoms with Crippen LogP contribution in [0, 0.1) is 0 Å². The van der Waals surface area contributed by atoms with E-state index in [9.17, 15) is 18.0 Å². The number of amides is 1. The lowest BCUT2D eigenvalue weighted by atomic mass is 10.1. The maximum Gasteiger partial charge on any atom is 0.416 e. The molecule has 3 N–H and O–H groups in total. The van der Waals surface area contributed by atoms with Crippen molar-refractivity contribution in [2.75, 3.05) is 55.3 Å². The molecule has 0 radical (unpaired) electrons. The Balaban J connectivity index is 1.63. The van der Waals surface area contributed by atoms with Gasteiger partial charge in [-0.25, -0.2) is 0 Å². The number of nitrogens with one attached hydrogen (secondary N) is 1. The molecule has 4 rings (SSSR count). The molecule has 0 bridgehead atoms. The standard InChI is InChI=1S/C24H31F3N6O2/c1-2-3-10-35-23-30-21(28)20-22(31-23)33(15-19(34)29-20)14-17-11-16(13-32-8-4-5-9-32)6-7-18(12-17)24(25,26)27/h7,11-12H,2-6,8-10,13-15H2,1H3,(H,29,34)(H2,28,30,31). The van der Waals surface area contributed by atoms with Crippen LogP contribution in [0.1, 0.15) is 39.0 Å². The number of halogens is 3. The van der Waals surface area contributed by atoms with Crippen molar-refractivity contribution in [1.29, 1.82) is 0 Å². The molecule has 190 valence electrons. The maximum atomic E-state index is 13.7. The van der Waals surface area contributed by atoms with E-state index in [1.165, 1.54) is 6.08 Å². The van der Waals surface area contributed by atoms with E-state index in [1.807, 2.05) is 13.0 Å². The molecule has 8 nitrogen and oxygen atoms in total. The highest BCUT2D eigenvalue weighted by Crippen LogP contribution is 2.36. The molecule has 2 aliphatic heterocycles. The summed E-state index contributed by atoms with van der Waals surface area (Å²) < 4.78 is 46.6. The van der Waals surface area contributed by atoms with Gasteiger partial charge in [0.2, 0.25) is 5.91 Å². The Hall–Kier alpha value is -3.08. The number of fused-ring (bicyclic) bond motifs is 1. The van der Waals surface area contributed by atoms with E-state index in [2.05, 4.69) is 20.2 Å². The molecular formula is C24H31F3N6O2. The quantitative estimate of drug-likeness (QED) is 0.533. The number of allylic oxidation sites excluding steroid dienone is 3. The molecule has 0 atom stereocenters. The van der Waals surface area contributed by atoms with Crippen LogP contribution >= 0.6 is 0 Å². The summed E-state index contributed by atoms with van der Waals surface area (Å²) in [4.78, 5) is 24.8. The number of hydrogen-bond donors (Lipinski definition) is 2. The fraction of sp³-hybridized carbons (Fsp3) is 0.542. The number of hydrogen-bond acceptors (Lipinski definition) is 7. The number of rotatable bonds is 8. The zero-order valence-electron chi connectivity index (χ0n) is 19.8. The van der Waals surface area contributed by atoms with Gasteiger partial charge in [-0.15, -0.1) is 0 Å². The number of carbonyl (C=O) groups is 1. The first-order valence-corrected chi connectivity index (χ1v) is 12.0. The van der Waals surface area contributed by atoms with Crippen LogP contribution in [0.2, 0.25) is 0 Å². The SMILES string of the molecule is CCCCOc1nc(N)c2c(n1)N(CC1=CC(C(F)(F)F)=CCC(CN3CCCC3)=C1)CC(=O)N2. The van der Waals surface area contributed by atoms with Crippen LogP contribution in [0.5, 0.6) is 6.01 Å². The third-order valence-corrected chi connectivity index (χ3v) is 6.17. The largest absolute Gasteiger partial charge is 0.463 e. The summed E-state index contributed by atoms with van der Waals surface area (Å²) in [6, 6.07) is 0.0758. The number of anilines is 3. The van der Waals surface area contributed by atoms with E-state index in [1.54, 1.807) is 4.90 Å². The molecule has 35 heavy (non-hydrogen) atoms. The summed E-state index contributed by atoms with van der Waals surface area (Å²) in [6.45, 7) is 4.94. The first kappa shape index (κ1) is 25.0. The Morgan fingerprint density at radius 3 is 2.66 bits per heavy atom. The molecule has 3 aliphatic rings. The Kier molecular flexibility index (Phi) is 7.63. The fourth-order valence-corrected chi connectivity index (χ4v) is 4.43. The van der Waals surface area contributed by atoms with E-state index in [4.69, 9.17) is 10.5 Å². The normalized spacial score (nSPS) is 18.9. The number of nitrogens with two attached hydrogens (primary N) is 1. The summed E-state index contributed by atoms with van der Waals surface area (Å²) in [7, 11) is 0. The summed E-state index contributed by atoms with van der Waals surface area (Å²) in [6.07, 6.45) is 3.93. The smallest absolute Gasteiger partial charge is 0.416 e. The average molecular weight is 493 g/mol. The van der Waals surface area contributed by atoms with Gasteiger partial charge in [-0.1, -0.05) is 31.1 Å². The highest BCUT2D eigenvalue weighted by molar-refractivity contribution is 6.03. The predicted octanol–water partition coefficient (Wildman–Crippen LogP) is 3.84. The lowest BCUT2D eigenvalue weighted by molar-refractivity contribution is -0.115.